The van der Waals surface area contributed by atoms with Crippen molar-refractivity contribution in [3.8, 4) is 0 Å². The average Bonchev–Trinajstić information content (AvgIpc) is 3.08. The Morgan fingerprint density at radius 2 is 1.75 bits per heavy atom. The fraction of sp³-hybridized carbons (Fsp3) is 0.100. The van der Waals surface area contributed by atoms with Crippen molar-refractivity contribution in [2.75, 3.05) is 19.4 Å². The van der Waals surface area contributed by atoms with Crippen LogP contribution < -0.4 is 5.32 Å². The zero-order valence-electron chi connectivity index (χ0n) is 15.2. The average molecular weight is 412 g/mol. The second-order valence-electron chi connectivity index (χ2n) is 6.45. The van der Waals surface area contributed by atoms with Crippen molar-refractivity contribution in [1.82, 2.24) is 9.29 Å². The number of nitrogens with one attached hydrogen (secondary N) is 1. The van der Waals surface area contributed by atoms with Gasteiger partial charge in [-0.1, -0.05) is 41.7 Å². The first-order valence-electron chi connectivity index (χ1n) is 8.48. The van der Waals surface area contributed by atoms with E-state index in [0.29, 0.717) is 20.9 Å². The van der Waals surface area contributed by atoms with E-state index in [1.807, 2.05) is 36.4 Å². The predicted molar refractivity (Wildman–Crippen MR) is 112 cm³/mol. The molecular formula is C20H17N3O3S2. The Balaban J connectivity index is 1.63. The first-order valence-corrected chi connectivity index (χ1v) is 10.7. The molecule has 3 aromatic carbocycles. The summed E-state index contributed by atoms with van der Waals surface area (Å²) in [7, 11) is -0.546. The Labute approximate surface area is 166 Å². The van der Waals surface area contributed by atoms with E-state index < -0.39 is 10.0 Å². The number of sulfonamides is 1. The molecule has 1 heterocycles. The quantitative estimate of drug-likeness (QED) is 0.551. The molecule has 0 unspecified atom stereocenters. The van der Waals surface area contributed by atoms with E-state index in [1.54, 1.807) is 18.2 Å². The summed E-state index contributed by atoms with van der Waals surface area (Å²) in [6, 6.07) is 18.1. The van der Waals surface area contributed by atoms with Crippen molar-refractivity contribution >= 4 is 53.4 Å². The summed E-state index contributed by atoms with van der Waals surface area (Å²) < 4.78 is 26.4. The van der Waals surface area contributed by atoms with Crippen LogP contribution in [-0.2, 0) is 10.0 Å². The third kappa shape index (κ3) is 3.37. The van der Waals surface area contributed by atoms with E-state index >= 15 is 0 Å². The summed E-state index contributed by atoms with van der Waals surface area (Å²) in [6.07, 6.45) is 0. The van der Waals surface area contributed by atoms with E-state index in [-0.39, 0.29) is 10.8 Å². The van der Waals surface area contributed by atoms with Gasteiger partial charge in [0.05, 0.1) is 15.1 Å². The van der Waals surface area contributed by atoms with Crippen LogP contribution in [0.25, 0.3) is 21.0 Å². The van der Waals surface area contributed by atoms with Gasteiger partial charge in [0.1, 0.15) is 0 Å². The fourth-order valence-corrected chi connectivity index (χ4v) is 4.73. The molecule has 1 N–H and O–H groups in total. The maximum atomic E-state index is 12.6. The molecule has 0 atom stereocenters. The Bertz CT molecular complexity index is 1310. The summed E-state index contributed by atoms with van der Waals surface area (Å²) in [4.78, 5) is 17.2. The first-order chi connectivity index (χ1) is 13.3. The monoisotopic (exact) mass is 411 g/mol. The van der Waals surface area contributed by atoms with Crippen molar-refractivity contribution in [3.63, 3.8) is 0 Å². The van der Waals surface area contributed by atoms with E-state index in [1.165, 1.54) is 31.5 Å². The van der Waals surface area contributed by atoms with Crippen LogP contribution in [0.15, 0.2) is 65.6 Å². The molecule has 0 fully saturated rings. The molecule has 0 radical (unpaired) electrons. The number of fused-ring (bicyclic) bond motifs is 2. The molecule has 0 saturated carbocycles. The van der Waals surface area contributed by atoms with Gasteiger partial charge in [0.25, 0.3) is 5.91 Å². The highest BCUT2D eigenvalue weighted by Crippen LogP contribution is 2.29. The molecule has 0 aliphatic carbocycles. The van der Waals surface area contributed by atoms with E-state index in [0.717, 1.165) is 15.1 Å². The number of nitrogens with zero attached hydrogens (tertiary/aromatic N) is 2. The van der Waals surface area contributed by atoms with Crippen molar-refractivity contribution in [2.45, 2.75) is 4.90 Å². The molecule has 0 aliphatic heterocycles. The number of carbonyl (C=O) groups is 1. The second kappa shape index (κ2) is 6.97. The number of benzene rings is 3. The third-order valence-corrected chi connectivity index (χ3v) is 7.12. The van der Waals surface area contributed by atoms with Crippen molar-refractivity contribution in [3.05, 3.63) is 66.2 Å². The molecule has 1 amide bonds. The molecule has 0 spiro atoms. The van der Waals surface area contributed by atoms with Crippen LogP contribution in [0.4, 0.5) is 5.13 Å². The smallest absolute Gasteiger partial charge is 0.257 e. The van der Waals surface area contributed by atoms with Crippen LogP contribution in [0.2, 0.25) is 0 Å². The molecule has 1 aromatic heterocycles. The molecule has 8 heteroatoms. The summed E-state index contributed by atoms with van der Waals surface area (Å²) in [6.45, 7) is 0. The van der Waals surface area contributed by atoms with Crippen LogP contribution in [-0.4, -0.2) is 37.7 Å². The SMILES string of the molecule is CN(C)S(=O)(=O)c1ccc2nc(NC(=O)c3ccc4ccccc4c3)sc2c1. The van der Waals surface area contributed by atoms with Crippen LogP contribution in [0.1, 0.15) is 10.4 Å². The van der Waals surface area contributed by atoms with E-state index in [9.17, 15) is 13.2 Å². The number of hydrogen-bond donors (Lipinski definition) is 1. The van der Waals surface area contributed by atoms with Gasteiger partial charge in [-0.15, -0.1) is 0 Å². The van der Waals surface area contributed by atoms with Crippen LogP contribution in [0, 0.1) is 0 Å². The van der Waals surface area contributed by atoms with Gasteiger partial charge in [-0.3, -0.25) is 10.1 Å². The molecule has 6 nitrogen and oxygen atoms in total. The van der Waals surface area contributed by atoms with Crippen LogP contribution in [0.5, 0.6) is 0 Å². The van der Waals surface area contributed by atoms with E-state index in [2.05, 4.69) is 10.3 Å². The molecule has 0 bridgehead atoms. The zero-order valence-corrected chi connectivity index (χ0v) is 16.8. The van der Waals surface area contributed by atoms with Crippen molar-refractivity contribution in [1.29, 1.82) is 0 Å². The maximum Gasteiger partial charge on any atom is 0.257 e. The van der Waals surface area contributed by atoms with E-state index in [4.69, 9.17) is 0 Å². The molecule has 0 saturated heterocycles. The van der Waals surface area contributed by atoms with Gasteiger partial charge in [0.2, 0.25) is 10.0 Å². The normalized spacial score (nSPS) is 12.0. The maximum absolute atomic E-state index is 12.6. The summed E-state index contributed by atoms with van der Waals surface area (Å²) in [5.41, 5.74) is 1.17. The number of amides is 1. The number of rotatable bonds is 4. The first kappa shape index (κ1) is 18.5. The highest BCUT2D eigenvalue weighted by atomic mass is 32.2. The second-order valence-corrected chi connectivity index (χ2v) is 9.63. The highest BCUT2D eigenvalue weighted by molar-refractivity contribution is 7.89. The van der Waals surface area contributed by atoms with Crippen molar-refractivity contribution < 1.29 is 13.2 Å². The van der Waals surface area contributed by atoms with Crippen LogP contribution in [0.3, 0.4) is 0 Å². The van der Waals surface area contributed by atoms with Crippen LogP contribution >= 0.6 is 11.3 Å². The summed E-state index contributed by atoms with van der Waals surface area (Å²) in [5.74, 6) is -0.258. The molecular weight excluding hydrogens is 394 g/mol. The van der Waals surface area contributed by atoms with Gasteiger partial charge in [-0.05, 0) is 41.1 Å². The number of aromatic nitrogens is 1. The number of anilines is 1. The van der Waals surface area contributed by atoms with Crippen molar-refractivity contribution in [2.24, 2.45) is 0 Å². The minimum atomic E-state index is -3.52. The topological polar surface area (TPSA) is 79.4 Å². The Morgan fingerprint density at radius 1 is 1.00 bits per heavy atom. The third-order valence-electron chi connectivity index (χ3n) is 4.37. The molecule has 142 valence electrons. The summed E-state index contributed by atoms with van der Waals surface area (Å²) in [5, 5.41) is 5.27. The number of thiazole rings is 1. The molecule has 28 heavy (non-hydrogen) atoms. The lowest BCUT2D eigenvalue weighted by molar-refractivity contribution is 0.102. The standard InChI is InChI=1S/C20H17N3O3S2/c1-23(2)28(25,26)16-9-10-17-18(12-16)27-20(21-17)22-19(24)15-8-7-13-5-3-4-6-14(13)11-15/h3-12H,1-2H3,(H,21,22,24). The highest BCUT2D eigenvalue weighted by Gasteiger charge is 2.19. The fourth-order valence-electron chi connectivity index (χ4n) is 2.83. The minimum Gasteiger partial charge on any atom is -0.298 e. The lowest BCUT2D eigenvalue weighted by Gasteiger charge is -2.10. The lowest BCUT2D eigenvalue weighted by atomic mass is 10.1. The van der Waals surface area contributed by atoms with Gasteiger partial charge in [-0.2, -0.15) is 0 Å². The van der Waals surface area contributed by atoms with Gasteiger partial charge < -0.3 is 0 Å². The van der Waals surface area contributed by atoms with Gasteiger partial charge in [-0.25, -0.2) is 17.7 Å². The predicted octanol–water partition coefficient (Wildman–Crippen LogP) is 3.95. The Hall–Kier alpha value is -2.81. The Morgan fingerprint density at radius 3 is 2.50 bits per heavy atom. The largest absolute Gasteiger partial charge is 0.298 e. The van der Waals surface area contributed by atoms with Gasteiger partial charge in [0.15, 0.2) is 5.13 Å². The van der Waals surface area contributed by atoms with Gasteiger partial charge in [0, 0.05) is 19.7 Å². The summed E-state index contributed by atoms with van der Waals surface area (Å²) >= 11 is 1.24. The lowest BCUT2D eigenvalue weighted by Crippen LogP contribution is -2.22. The van der Waals surface area contributed by atoms with Gasteiger partial charge >= 0.3 is 0 Å². The molecule has 4 aromatic rings. The zero-order chi connectivity index (χ0) is 19.9. The number of carbonyl (C=O) groups excluding carboxylic acids is 1. The molecule has 0 aliphatic rings. The minimum absolute atomic E-state index is 0.195. The number of hydrogen-bond acceptors (Lipinski definition) is 5. The molecule has 4 rings (SSSR count). The Kier molecular flexibility index (Phi) is 4.62.